The number of benzene rings is 2. The molecule has 2 aromatic rings. The monoisotopic (exact) mass is 438 g/mol. The van der Waals surface area contributed by atoms with Gasteiger partial charge in [0, 0.05) is 28.4 Å². The summed E-state index contributed by atoms with van der Waals surface area (Å²) in [6, 6.07) is 14.3. The van der Waals surface area contributed by atoms with Gasteiger partial charge in [0.15, 0.2) is 6.61 Å². The molecule has 0 fully saturated rings. The normalized spacial score (nSPS) is 10.1. The van der Waals surface area contributed by atoms with Crippen LogP contribution in [0.5, 0.6) is 5.75 Å². The van der Waals surface area contributed by atoms with Crippen LogP contribution in [0.3, 0.4) is 0 Å². The Morgan fingerprint density at radius 2 is 1.88 bits per heavy atom. The van der Waals surface area contributed by atoms with Crippen molar-refractivity contribution in [1.82, 2.24) is 4.90 Å². The van der Waals surface area contributed by atoms with E-state index in [9.17, 15) is 9.59 Å². The number of nitrogens with one attached hydrogen (secondary N) is 1. The number of anilines is 1. The summed E-state index contributed by atoms with van der Waals surface area (Å²) in [5, 5.41) is 2.76. The Kier molecular flexibility index (Phi) is 6.60. The minimum atomic E-state index is -0.251. The van der Waals surface area contributed by atoms with Gasteiger partial charge in [-0.3, -0.25) is 9.59 Å². The number of carbonyl (C=O) groups excluding carboxylic acids is 2. The molecule has 24 heavy (non-hydrogen) atoms. The lowest BCUT2D eigenvalue weighted by molar-refractivity contribution is -0.118. The van der Waals surface area contributed by atoms with Gasteiger partial charge in [-0.25, -0.2) is 0 Å². The number of hydrogen-bond acceptors (Lipinski definition) is 3. The standard InChI is InChI=1S/C18H19IN2O3/c1-3-21(2)18(23)13-5-4-6-16(11-13)24-12-17(22)20-15-9-7-14(19)8-10-15/h4-11H,3,12H2,1-2H3,(H,20,22). The molecule has 1 N–H and O–H groups in total. The first kappa shape index (κ1) is 18.3. The van der Waals surface area contributed by atoms with Crippen molar-refractivity contribution < 1.29 is 14.3 Å². The number of hydrogen-bond donors (Lipinski definition) is 1. The molecule has 0 aliphatic heterocycles. The van der Waals surface area contributed by atoms with Crippen molar-refractivity contribution in [3.63, 3.8) is 0 Å². The number of halogens is 1. The van der Waals surface area contributed by atoms with Crippen LogP contribution in [0.2, 0.25) is 0 Å². The van der Waals surface area contributed by atoms with Crippen LogP contribution in [0.15, 0.2) is 48.5 Å². The Labute approximate surface area is 155 Å². The molecule has 126 valence electrons. The van der Waals surface area contributed by atoms with Crippen LogP contribution in [0.4, 0.5) is 5.69 Å². The summed E-state index contributed by atoms with van der Waals surface area (Å²) < 4.78 is 6.58. The van der Waals surface area contributed by atoms with Crippen molar-refractivity contribution >= 4 is 40.1 Å². The van der Waals surface area contributed by atoms with Crippen LogP contribution in [-0.2, 0) is 4.79 Å². The molecule has 0 spiro atoms. The summed E-state index contributed by atoms with van der Waals surface area (Å²) in [7, 11) is 1.74. The fraction of sp³-hybridized carbons (Fsp3) is 0.222. The van der Waals surface area contributed by atoms with Crippen LogP contribution < -0.4 is 10.1 Å². The van der Waals surface area contributed by atoms with Gasteiger partial charge >= 0.3 is 0 Å². The van der Waals surface area contributed by atoms with E-state index in [2.05, 4.69) is 27.9 Å². The van der Waals surface area contributed by atoms with E-state index in [0.717, 1.165) is 9.26 Å². The maximum absolute atomic E-state index is 12.1. The molecule has 0 bridgehead atoms. The first-order valence-electron chi connectivity index (χ1n) is 7.53. The molecule has 0 saturated carbocycles. The summed E-state index contributed by atoms with van der Waals surface area (Å²) in [4.78, 5) is 25.7. The highest BCUT2D eigenvalue weighted by Gasteiger charge is 2.11. The zero-order valence-electron chi connectivity index (χ0n) is 13.6. The molecule has 2 aromatic carbocycles. The summed E-state index contributed by atoms with van der Waals surface area (Å²) in [5.41, 5.74) is 1.26. The molecular weight excluding hydrogens is 419 g/mol. The third-order valence-electron chi connectivity index (χ3n) is 3.40. The number of nitrogens with zero attached hydrogens (tertiary/aromatic N) is 1. The lowest BCUT2D eigenvalue weighted by Crippen LogP contribution is -2.26. The molecular formula is C18H19IN2O3. The van der Waals surface area contributed by atoms with Gasteiger partial charge in [0.05, 0.1) is 0 Å². The van der Waals surface area contributed by atoms with Gasteiger partial charge in [0.25, 0.3) is 11.8 Å². The third-order valence-corrected chi connectivity index (χ3v) is 4.12. The van der Waals surface area contributed by atoms with E-state index in [4.69, 9.17) is 4.74 Å². The average Bonchev–Trinajstić information content (AvgIpc) is 2.61. The minimum Gasteiger partial charge on any atom is -0.484 e. The summed E-state index contributed by atoms with van der Waals surface area (Å²) in [6.45, 7) is 2.42. The van der Waals surface area contributed by atoms with Crippen LogP contribution in [-0.4, -0.2) is 36.9 Å². The number of carbonyl (C=O) groups is 2. The summed E-state index contributed by atoms with van der Waals surface area (Å²) in [6.07, 6.45) is 0. The SMILES string of the molecule is CCN(C)C(=O)c1cccc(OCC(=O)Nc2ccc(I)cc2)c1. The minimum absolute atomic E-state index is 0.0775. The van der Waals surface area contributed by atoms with Crippen LogP contribution in [0.1, 0.15) is 17.3 Å². The van der Waals surface area contributed by atoms with Gasteiger partial charge in [0.2, 0.25) is 0 Å². The van der Waals surface area contributed by atoms with Crippen molar-refractivity contribution in [3.05, 3.63) is 57.7 Å². The molecule has 0 aliphatic rings. The Bertz CT molecular complexity index is 716. The Morgan fingerprint density at radius 1 is 1.17 bits per heavy atom. The average molecular weight is 438 g/mol. The topological polar surface area (TPSA) is 58.6 Å². The van der Waals surface area contributed by atoms with Gasteiger partial charge in [-0.05, 0) is 72.0 Å². The van der Waals surface area contributed by atoms with E-state index in [1.165, 1.54) is 0 Å². The Morgan fingerprint density at radius 3 is 2.54 bits per heavy atom. The van der Waals surface area contributed by atoms with E-state index >= 15 is 0 Å². The molecule has 0 unspecified atom stereocenters. The summed E-state index contributed by atoms with van der Waals surface area (Å²) in [5.74, 6) is 0.160. The van der Waals surface area contributed by atoms with Gasteiger partial charge in [-0.2, -0.15) is 0 Å². The van der Waals surface area contributed by atoms with Gasteiger partial charge < -0.3 is 15.0 Å². The van der Waals surface area contributed by atoms with E-state index in [-0.39, 0.29) is 18.4 Å². The third kappa shape index (κ3) is 5.23. The van der Waals surface area contributed by atoms with Crippen molar-refractivity contribution in [2.75, 3.05) is 25.5 Å². The van der Waals surface area contributed by atoms with Crippen LogP contribution >= 0.6 is 22.6 Å². The lowest BCUT2D eigenvalue weighted by atomic mass is 10.2. The van der Waals surface area contributed by atoms with Crippen molar-refractivity contribution in [1.29, 1.82) is 0 Å². The fourth-order valence-corrected chi connectivity index (χ4v) is 2.32. The smallest absolute Gasteiger partial charge is 0.262 e. The maximum atomic E-state index is 12.1. The van der Waals surface area contributed by atoms with Crippen molar-refractivity contribution in [2.24, 2.45) is 0 Å². The van der Waals surface area contributed by atoms with E-state index in [1.54, 1.807) is 36.2 Å². The number of rotatable bonds is 6. The molecule has 2 rings (SSSR count). The maximum Gasteiger partial charge on any atom is 0.262 e. The van der Waals surface area contributed by atoms with Crippen molar-refractivity contribution in [2.45, 2.75) is 6.92 Å². The highest BCUT2D eigenvalue weighted by Crippen LogP contribution is 2.15. The zero-order valence-corrected chi connectivity index (χ0v) is 15.7. The molecule has 0 aromatic heterocycles. The second-order valence-electron chi connectivity index (χ2n) is 5.19. The van der Waals surface area contributed by atoms with E-state index in [1.807, 2.05) is 31.2 Å². The molecule has 0 radical (unpaired) electrons. The molecule has 0 atom stereocenters. The first-order valence-corrected chi connectivity index (χ1v) is 8.61. The zero-order chi connectivity index (χ0) is 17.5. The number of ether oxygens (including phenoxy) is 1. The molecule has 0 aliphatic carbocycles. The predicted molar refractivity (Wildman–Crippen MR) is 102 cm³/mol. The number of amides is 2. The quantitative estimate of drug-likeness (QED) is 0.704. The molecule has 6 heteroatoms. The Hall–Kier alpha value is -2.09. The molecule has 0 heterocycles. The van der Waals surface area contributed by atoms with Crippen LogP contribution in [0.25, 0.3) is 0 Å². The largest absolute Gasteiger partial charge is 0.484 e. The van der Waals surface area contributed by atoms with Crippen LogP contribution in [0, 0.1) is 3.57 Å². The predicted octanol–water partition coefficient (Wildman–Crippen LogP) is 3.40. The fourth-order valence-electron chi connectivity index (χ4n) is 1.96. The van der Waals surface area contributed by atoms with Gasteiger partial charge in [0.1, 0.15) is 5.75 Å². The second-order valence-corrected chi connectivity index (χ2v) is 6.44. The molecule has 5 nitrogen and oxygen atoms in total. The summed E-state index contributed by atoms with van der Waals surface area (Å²) >= 11 is 2.20. The molecule has 2 amide bonds. The van der Waals surface area contributed by atoms with Gasteiger partial charge in [-0.15, -0.1) is 0 Å². The van der Waals surface area contributed by atoms with Crippen molar-refractivity contribution in [3.8, 4) is 5.75 Å². The first-order chi connectivity index (χ1) is 11.5. The highest BCUT2D eigenvalue weighted by molar-refractivity contribution is 14.1. The Balaban J connectivity index is 1.93. The van der Waals surface area contributed by atoms with E-state index < -0.39 is 0 Å². The second kappa shape index (κ2) is 8.68. The highest BCUT2D eigenvalue weighted by atomic mass is 127. The van der Waals surface area contributed by atoms with Gasteiger partial charge in [-0.1, -0.05) is 6.07 Å². The van der Waals surface area contributed by atoms with E-state index in [0.29, 0.717) is 17.9 Å². The molecule has 0 saturated heterocycles. The lowest BCUT2D eigenvalue weighted by Gasteiger charge is -2.15.